The molecular weight excluding hydrogens is 290 g/mol. The van der Waals surface area contributed by atoms with Crippen molar-refractivity contribution >= 4 is 40.2 Å². The molecule has 2 aromatic carbocycles. The number of anilines is 2. The van der Waals surface area contributed by atoms with Crippen molar-refractivity contribution in [2.24, 2.45) is 5.73 Å². The molecule has 0 amide bonds. The summed E-state index contributed by atoms with van der Waals surface area (Å²) in [5.41, 5.74) is 6.19. The van der Waals surface area contributed by atoms with E-state index in [0.717, 1.165) is 12.1 Å². The molecule has 0 atom stereocenters. The van der Waals surface area contributed by atoms with Gasteiger partial charge < -0.3 is 11.1 Å². The summed E-state index contributed by atoms with van der Waals surface area (Å²) in [5, 5.41) is 2.94. The zero-order chi connectivity index (χ0) is 14.0. The van der Waals surface area contributed by atoms with Gasteiger partial charge in [0.15, 0.2) is 0 Å². The average molecular weight is 299 g/mol. The smallest absolute Gasteiger partial charge is 0.149 e. The molecule has 2 rings (SSSR count). The van der Waals surface area contributed by atoms with Crippen LogP contribution in [0.4, 0.5) is 20.2 Å². The molecule has 0 aliphatic heterocycles. The maximum Gasteiger partial charge on any atom is 0.149 e. The number of nitrogens with two attached hydrogens (primary N) is 1. The molecule has 0 radical (unpaired) electrons. The van der Waals surface area contributed by atoms with Crippen molar-refractivity contribution in [3.63, 3.8) is 0 Å². The lowest BCUT2D eigenvalue weighted by Crippen LogP contribution is -2.10. The van der Waals surface area contributed by atoms with E-state index in [1.807, 2.05) is 0 Å². The van der Waals surface area contributed by atoms with E-state index in [1.165, 1.54) is 12.1 Å². The highest BCUT2D eigenvalue weighted by molar-refractivity contribution is 7.80. The lowest BCUT2D eigenvalue weighted by atomic mass is 10.2. The van der Waals surface area contributed by atoms with Crippen LogP contribution in [0, 0.1) is 11.6 Å². The van der Waals surface area contributed by atoms with Gasteiger partial charge in [0.2, 0.25) is 0 Å². The minimum atomic E-state index is -0.686. The Labute approximate surface area is 119 Å². The van der Waals surface area contributed by atoms with E-state index in [2.05, 4.69) is 5.32 Å². The Balaban J connectivity index is 2.34. The summed E-state index contributed by atoms with van der Waals surface area (Å²) >= 11 is 10.8. The van der Waals surface area contributed by atoms with Crippen LogP contribution in [0.25, 0.3) is 0 Å². The monoisotopic (exact) mass is 298 g/mol. The van der Waals surface area contributed by atoms with Crippen LogP contribution in [0.2, 0.25) is 5.02 Å². The van der Waals surface area contributed by atoms with Crippen molar-refractivity contribution < 1.29 is 8.78 Å². The Morgan fingerprint density at radius 2 is 1.79 bits per heavy atom. The maximum absolute atomic E-state index is 13.5. The summed E-state index contributed by atoms with van der Waals surface area (Å²) in [7, 11) is 0. The molecular formula is C13H9ClF2N2S. The molecule has 0 spiro atoms. The van der Waals surface area contributed by atoms with E-state index in [9.17, 15) is 8.78 Å². The average Bonchev–Trinajstić information content (AvgIpc) is 2.33. The molecule has 0 aromatic heterocycles. The standard InChI is InChI=1S/C13H9ClF2N2S/c14-9-6-7(4-5-8(9)13(17)19)18-12-10(15)2-1-3-11(12)16/h1-6,18H,(H2,17,19). The minimum Gasteiger partial charge on any atom is -0.389 e. The number of hydrogen-bond acceptors (Lipinski definition) is 2. The minimum absolute atomic E-state index is 0.161. The number of para-hydroxylation sites is 1. The fourth-order valence-corrected chi connectivity index (χ4v) is 2.07. The first-order chi connectivity index (χ1) is 8.99. The van der Waals surface area contributed by atoms with Crippen LogP contribution in [0.15, 0.2) is 36.4 Å². The summed E-state index contributed by atoms with van der Waals surface area (Å²) in [4.78, 5) is 0.161. The predicted octanol–water partition coefficient (Wildman–Crippen LogP) is 4.00. The van der Waals surface area contributed by atoms with Gasteiger partial charge in [-0.15, -0.1) is 0 Å². The molecule has 2 aromatic rings. The van der Waals surface area contributed by atoms with E-state index in [4.69, 9.17) is 29.6 Å². The number of nitrogens with one attached hydrogen (secondary N) is 1. The lowest BCUT2D eigenvalue weighted by Gasteiger charge is -2.10. The lowest BCUT2D eigenvalue weighted by molar-refractivity contribution is 0.591. The highest BCUT2D eigenvalue weighted by atomic mass is 35.5. The second-order valence-electron chi connectivity index (χ2n) is 3.78. The Morgan fingerprint density at radius 1 is 1.16 bits per heavy atom. The molecule has 0 fully saturated rings. The Bertz CT molecular complexity index is 626. The second-order valence-corrected chi connectivity index (χ2v) is 4.63. The molecule has 2 nitrogen and oxygen atoms in total. The third-order valence-electron chi connectivity index (χ3n) is 2.47. The SMILES string of the molecule is NC(=S)c1ccc(Nc2c(F)cccc2F)cc1Cl. The first kappa shape index (κ1) is 13.7. The molecule has 3 N–H and O–H groups in total. The largest absolute Gasteiger partial charge is 0.389 e. The van der Waals surface area contributed by atoms with Crippen LogP contribution >= 0.6 is 23.8 Å². The first-order valence-electron chi connectivity index (χ1n) is 5.29. The molecule has 0 saturated carbocycles. The summed E-state index contributed by atoms with van der Waals surface area (Å²) in [6.45, 7) is 0. The second kappa shape index (κ2) is 5.50. The maximum atomic E-state index is 13.5. The van der Waals surface area contributed by atoms with Gasteiger partial charge in [0.1, 0.15) is 22.3 Å². The summed E-state index contributed by atoms with van der Waals surface area (Å²) in [5.74, 6) is -1.37. The van der Waals surface area contributed by atoms with Crippen molar-refractivity contribution in [3.8, 4) is 0 Å². The molecule has 0 bridgehead atoms. The van der Waals surface area contributed by atoms with E-state index in [0.29, 0.717) is 16.3 Å². The summed E-state index contributed by atoms with van der Waals surface area (Å²) in [6.07, 6.45) is 0. The Morgan fingerprint density at radius 3 is 2.32 bits per heavy atom. The predicted molar refractivity (Wildman–Crippen MR) is 77.0 cm³/mol. The third kappa shape index (κ3) is 3.00. The number of rotatable bonds is 3. The van der Waals surface area contributed by atoms with E-state index in [1.54, 1.807) is 12.1 Å². The van der Waals surface area contributed by atoms with Gasteiger partial charge in [0.25, 0.3) is 0 Å². The number of hydrogen-bond donors (Lipinski definition) is 2. The van der Waals surface area contributed by atoms with Crippen LogP contribution in [-0.4, -0.2) is 4.99 Å². The van der Waals surface area contributed by atoms with Gasteiger partial charge in [-0.2, -0.15) is 0 Å². The van der Waals surface area contributed by atoms with Crippen molar-refractivity contribution in [1.29, 1.82) is 0 Å². The van der Waals surface area contributed by atoms with Crippen molar-refractivity contribution in [1.82, 2.24) is 0 Å². The molecule has 6 heteroatoms. The van der Waals surface area contributed by atoms with E-state index >= 15 is 0 Å². The topological polar surface area (TPSA) is 38.0 Å². The highest BCUT2D eigenvalue weighted by Crippen LogP contribution is 2.26. The van der Waals surface area contributed by atoms with Crippen LogP contribution in [-0.2, 0) is 0 Å². The molecule has 19 heavy (non-hydrogen) atoms. The fraction of sp³-hybridized carbons (Fsp3) is 0. The third-order valence-corrected chi connectivity index (χ3v) is 3.00. The zero-order valence-corrected chi connectivity index (χ0v) is 11.2. The van der Waals surface area contributed by atoms with Crippen LogP contribution in [0.5, 0.6) is 0 Å². The molecule has 0 saturated heterocycles. The van der Waals surface area contributed by atoms with Gasteiger partial charge in [-0.05, 0) is 30.3 Å². The van der Waals surface area contributed by atoms with E-state index < -0.39 is 11.6 Å². The van der Waals surface area contributed by atoms with Gasteiger partial charge >= 0.3 is 0 Å². The van der Waals surface area contributed by atoms with Gasteiger partial charge in [-0.25, -0.2) is 8.78 Å². The fourth-order valence-electron chi connectivity index (χ4n) is 1.55. The quantitative estimate of drug-likeness (QED) is 0.841. The van der Waals surface area contributed by atoms with Crippen molar-refractivity contribution in [3.05, 3.63) is 58.6 Å². The van der Waals surface area contributed by atoms with Gasteiger partial charge in [-0.3, -0.25) is 0 Å². The van der Waals surface area contributed by atoms with Crippen LogP contribution < -0.4 is 11.1 Å². The number of halogens is 3. The number of benzene rings is 2. The first-order valence-corrected chi connectivity index (χ1v) is 6.08. The number of thiocarbonyl (C=S) groups is 1. The van der Waals surface area contributed by atoms with Gasteiger partial charge in [-0.1, -0.05) is 29.9 Å². The molecule has 0 unspecified atom stereocenters. The van der Waals surface area contributed by atoms with Crippen LogP contribution in [0.3, 0.4) is 0 Å². The normalized spacial score (nSPS) is 10.3. The molecule has 0 aliphatic carbocycles. The van der Waals surface area contributed by atoms with Crippen LogP contribution in [0.1, 0.15) is 5.56 Å². The van der Waals surface area contributed by atoms with E-state index in [-0.39, 0.29) is 10.7 Å². The Hall–Kier alpha value is -1.72. The summed E-state index contributed by atoms with van der Waals surface area (Å²) in [6, 6.07) is 8.30. The van der Waals surface area contributed by atoms with Gasteiger partial charge in [0, 0.05) is 11.3 Å². The highest BCUT2D eigenvalue weighted by Gasteiger charge is 2.10. The zero-order valence-electron chi connectivity index (χ0n) is 9.58. The molecule has 98 valence electrons. The molecule has 0 heterocycles. The van der Waals surface area contributed by atoms with Gasteiger partial charge in [0.05, 0.1) is 5.02 Å². The molecule has 0 aliphatic rings. The summed E-state index contributed by atoms with van der Waals surface area (Å²) < 4.78 is 26.9. The van der Waals surface area contributed by atoms with Crippen molar-refractivity contribution in [2.75, 3.05) is 5.32 Å². The van der Waals surface area contributed by atoms with Crippen molar-refractivity contribution in [2.45, 2.75) is 0 Å². The Kier molecular flexibility index (Phi) is 3.97.